The highest BCUT2D eigenvalue weighted by atomic mass is 19.4. The number of halogens is 3. The maximum atomic E-state index is 12.4. The molecule has 0 amide bonds. The lowest BCUT2D eigenvalue weighted by molar-refractivity contribution is -0.137. The summed E-state index contributed by atoms with van der Waals surface area (Å²) in [7, 11) is 0. The summed E-state index contributed by atoms with van der Waals surface area (Å²) in [6, 6.07) is 1.99. The third kappa shape index (κ3) is 3.12. The lowest BCUT2D eigenvalue weighted by Gasteiger charge is -2.06. The van der Waals surface area contributed by atoms with Gasteiger partial charge in [-0.3, -0.25) is 0 Å². The molecule has 21 heavy (non-hydrogen) atoms. The average molecular weight is 300 g/mol. The number of nitrogens with two attached hydrogens (primary N) is 1. The van der Waals surface area contributed by atoms with E-state index in [1.165, 1.54) is 6.20 Å². The zero-order valence-corrected chi connectivity index (χ0v) is 10.9. The number of ether oxygens (including phenoxy) is 1. The van der Waals surface area contributed by atoms with E-state index < -0.39 is 17.7 Å². The Hall–Kier alpha value is -2.58. The molecule has 0 aliphatic heterocycles. The van der Waals surface area contributed by atoms with E-state index in [1.807, 2.05) is 0 Å². The number of anilines is 1. The topological polar surface area (TPSA) is 83.0 Å². The van der Waals surface area contributed by atoms with E-state index in [-0.39, 0.29) is 23.8 Å². The summed E-state index contributed by atoms with van der Waals surface area (Å²) < 4.78 is 43.2. The highest BCUT2D eigenvalue weighted by Crippen LogP contribution is 2.28. The molecule has 0 fully saturated rings. The van der Waals surface area contributed by atoms with Crippen LogP contribution in [0.15, 0.2) is 24.5 Å². The molecule has 2 heterocycles. The molecule has 0 aliphatic carbocycles. The first kappa shape index (κ1) is 14.8. The quantitative estimate of drug-likeness (QED) is 0.877. The number of hydrogen-bond acceptors (Lipinski definition) is 5. The summed E-state index contributed by atoms with van der Waals surface area (Å²) >= 11 is 0. The van der Waals surface area contributed by atoms with Crippen molar-refractivity contribution in [2.75, 3.05) is 12.3 Å². The van der Waals surface area contributed by atoms with Gasteiger partial charge in [0.25, 0.3) is 0 Å². The number of carbonyl (C=O) groups excluding carboxylic acids is 1. The van der Waals surface area contributed by atoms with Crippen LogP contribution in [0.4, 0.5) is 18.9 Å². The van der Waals surface area contributed by atoms with Crippen LogP contribution in [0.2, 0.25) is 0 Å². The summed E-state index contributed by atoms with van der Waals surface area (Å²) in [5.74, 6) is -0.606. The molecule has 0 aliphatic rings. The van der Waals surface area contributed by atoms with Crippen LogP contribution in [0.5, 0.6) is 0 Å². The van der Waals surface area contributed by atoms with Gasteiger partial charge in [0, 0.05) is 6.20 Å². The van der Waals surface area contributed by atoms with Crippen LogP contribution in [0.1, 0.15) is 23.0 Å². The van der Waals surface area contributed by atoms with E-state index in [1.54, 1.807) is 6.92 Å². The normalized spacial score (nSPS) is 11.4. The molecule has 9 heteroatoms. The molecule has 0 aromatic carbocycles. The fourth-order valence-corrected chi connectivity index (χ4v) is 1.55. The van der Waals surface area contributed by atoms with Crippen LogP contribution in [-0.4, -0.2) is 27.3 Å². The van der Waals surface area contributed by atoms with Gasteiger partial charge in [0.1, 0.15) is 0 Å². The number of rotatable bonds is 3. The molecule has 6 nitrogen and oxygen atoms in total. The Kier molecular flexibility index (Phi) is 3.83. The molecule has 0 saturated heterocycles. The summed E-state index contributed by atoms with van der Waals surface area (Å²) in [6.45, 7) is 1.78. The summed E-state index contributed by atoms with van der Waals surface area (Å²) in [4.78, 5) is 15.2. The fraction of sp³-hybridized carbons (Fsp3) is 0.250. The van der Waals surface area contributed by atoms with Gasteiger partial charge >= 0.3 is 12.1 Å². The first-order valence-electron chi connectivity index (χ1n) is 5.88. The number of nitrogen functional groups attached to an aromatic ring is 1. The van der Waals surface area contributed by atoms with Gasteiger partial charge in [0.2, 0.25) is 0 Å². The molecule has 2 aromatic heterocycles. The van der Waals surface area contributed by atoms with E-state index in [2.05, 4.69) is 10.1 Å². The predicted octanol–water partition coefficient (Wildman–Crippen LogP) is 2.04. The van der Waals surface area contributed by atoms with E-state index in [9.17, 15) is 18.0 Å². The fourth-order valence-electron chi connectivity index (χ4n) is 1.55. The monoisotopic (exact) mass is 300 g/mol. The number of pyridine rings is 1. The summed E-state index contributed by atoms with van der Waals surface area (Å²) in [5.41, 5.74) is 4.68. The summed E-state index contributed by atoms with van der Waals surface area (Å²) in [6.07, 6.45) is -2.51. The van der Waals surface area contributed by atoms with Gasteiger partial charge in [-0.05, 0) is 19.1 Å². The third-order valence-corrected chi connectivity index (χ3v) is 2.52. The van der Waals surface area contributed by atoms with Crippen molar-refractivity contribution >= 4 is 11.7 Å². The van der Waals surface area contributed by atoms with Crippen LogP contribution >= 0.6 is 0 Å². The average Bonchev–Trinajstić information content (AvgIpc) is 2.80. The molecular formula is C12H11F3N4O2. The van der Waals surface area contributed by atoms with Crippen molar-refractivity contribution in [3.05, 3.63) is 35.8 Å². The zero-order chi connectivity index (χ0) is 15.6. The molecule has 0 bridgehead atoms. The van der Waals surface area contributed by atoms with Gasteiger partial charge in [-0.2, -0.15) is 18.3 Å². The van der Waals surface area contributed by atoms with Crippen LogP contribution in [0.3, 0.4) is 0 Å². The van der Waals surface area contributed by atoms with Crippen LogP contribution in [-0.2, 0) is 10.9 Å². The molecule has 0 radical (unpaired) electrons. The third-order valence-electron chi connectivity index (χ3n) is 2.52. The Bertz CT molecular complexity index is 650. The first-order valence-corrected chi connectivity index (χ1v) is 5.88. The number of alkyl halides is 3. The molecular weight excluding hydrogens is 289 g/mol. The number of hydrogen-bond donors (Lipinski definition) is 1. The van der Waals surface area contributed by atoms with Gasteiger partial charge < -0.3 is 10.5 Å². The molecule has 0 atom stereocenters. The Morgan fingerprint density at radius 3 is 2.67 bits per heavy atom. The maximum Gasteiger partial charge on any atom is 0.417 e. The maximum absolute atomic E-state index is 12.4. The van der Waals surface area contributed by atoms with E-state index >= 15 is 0 Å². The number of carbonyl (C=O) groups is 1. The van der Waals surface area contributed by atoms with Crippen molar-refractivity contribution in [3.8, 4) is 5.82 Å². The smallest absolute Gasteiger partial charge is 0.417 e. The second-order valence-corrected chi connectivity index (χ2v) is 4.00. The van der Waals surface area contributed by atoms with Gasteiger partial charge in [0.05, 0.1) is 24.1 Å². The van der Waals surface area contributed by atoms with Gasteiger partial charge in [-0.1, -0.05) is 0 Å². The standard InChI is InChI=1S/C12H11F3N4O2/c1-2-21-11(20)10-8(16)6-19(18-10)9-4-3-7(5-17-9)12(13,14)15/h3-6H,2,16H2,1H3. The second-order valence-electron chi connectivity index (χ2n) is 4.00. The molecule has 0 unspecified atom stereocenters. The highest BCUT2D eigenvalue weighted by Gasteiger charge is 2.30. The van der Waals surface area contributed by atoms with Crippen LogP contribution < -0.4 is 5.73 Å². The SMILES string of the molecule is CCOC(=O)c1nn(-c2ccc(C(F)(F)F)cn2)cc1N. The van der Waals surface area contributed by atoms with Crippen molar-refractivity contribution in [1.29, 1.82) is 0 Å². The van der Waals surface area contributed by atoms with Crippen molar-refractivity contribution in [2.45, 2.75) is 13.1 Å². The first-order chi connectivity index (χ1) is 9.82. The van der Waals surface area contributed by atoms with Gasteiger partial charge in [-0.15, -0.1) is 0 Å². The van der Waals surface area contributed by atoms with Crippen molar-refractivity contribution in [2.24, 2.45) is 0 Å². The molecule has 112 valence electrons. The Balaban J connectivity index is 2.31. The van der Waals surface area contributed by atoms with Crippen molar-refractivity contribution in [3.63, 3.8) is 0 Å². The van der Waals surface area contributed by atoms with Gasteiger partial charge in [0.15, 0.2) is 11.5 Å². The number of esters is 1. The molecule has 0 saturated carbocycles. The van der Waals surface area contributed by atoms with Crippen molar-refractivity contribution in [1.82, 2.24) is 14.8 Å². The molecule has 0 spiro atoms. The Morgan fingerprint density at radius 2 is 2.14 bits per heavy atom. The molecule has 2 aromatic rings. The Labute approximate surface area is 117 Å². The van der Waals surface area contributed by atoms with E-state index in [4.69, 9.17) is 10.5 Å². The number of nitrogens with zero attached hydrogens (tertiary/aromatic N) is 3. The van der Waals surface area contributed by atoms with E-state index in [0.717, 1.165) is 16.8 Å². The molecule has 2 rings (SSSR count). The van der Waals surface area contributed by atoms with Crippen LogP contribution in [0, 0.1) is 0 Å². The highest BCUT2D eigenvalue weighted by molar-refractivity contribution is 5.92. The lowest BCUT2D eigenvalue weighted by atomic mass is 10.3. The second kappa shape index (κ2) is 5.43. The minimum Gasteiger partial charge on any atom is -0.461 e. The largest absolute Gasteiger partial charge is 0.461 e. The van der Waals surface area contributed by atoms with E-state index in [0.29, 0.717) is 6.20 Å². The number of aromatic nitrogens is 3. The van der Waals surface area contributed by atoms with Gasteiger partial charge in [-0.25, -0.2) is 14.5 Å². The van der Waals surface area contributed by atoms with Crippen LogP contribution in [0.25, 0.3) is 5.82 Å². The predicted molar refractivity (Wildman–Crippen MR) is 66.7 cm³/mol. The molecule has 2 N–H and O–H groups in total. The Morgan fingerprint density at radius 1 is 1.43 bits per heavy atom. The lowest BCUT2D eigenvalue weighted by Crippen LogP contribution is -2.09. The summed E-state index contributed by atoms with van der Waals surface area (Å²) in [5, 5.41) is 3.86. The minimum absolute atomic E-state index is 0.0511. The van der Waals surface area contributed by atoms with Crippen molar-refractivity contribution < 1.29 is 22.7 Å². The minimum atomic E-state index is -4.47. The zero-order valence-electron chi connectivity index (χ0n) is 10.9.